The number of carbonyl (C=O) groups is 2. The van der Waals surface area contributed by atoms with Gasteiger partial charge in [0.2, 0.25) is 11.8 Å². The van der Waals surface area contributed by atoms with Gasteiger partial charge in [-0.3, -0.25) is 14.8 Å². The summed E-state index contributed by atoms with van der Waals surface area (Å²) >= 11 is 0. The number of hydroxylamine groups is 1. The van der Waals surface area contributed by atoms with Crippen LogP contribution in [-0.2, 0) is 41.7 Å². The molecular formula is C39H49N3O8. The lowest BCUT2D eigenvalue weighted by molar-refractivity contribution is -0.255. The van der Waals surface area contributed by atoms with Crippen LogP contribution in [0.4, 0.5) is 0 Å². The van der Waals surface area contributed by atoms with Gasteiger partial charge in [-0.2, -0.15) is 0 Å². The number of ether oxygens (including phenoxy) is 4. The highest BCUT2D eigenvalue weighted by atomic mass is 16.7. The van der Waals surface area contributed by atoms with Crippen molar-refractivity contribution in [2.24, 2.45) is 0 Å². The highest BCUT2D eigenvalue weighted by molar-refractivity contribution is 5.76. The van der Waals surface area contributed by atoms with Gasteiger partial charge in [-0.25, -0.2) is 5.48 Å². The first kappa shape index (κ1) is 36.1. The van der Waals surface area contributed by atoms with Gasteiger partial charge in [-0.15, -0.1) is 0 Å². The Morgan fingerprint density at radius 1 is 0.800 bits per heavy atom. The molecular weight excluding hydrogens is 638 g/mol. The van der Waals surface area contributed by atoms with Crippen LogP contribution in [0.15, 0.2) is 72.8 Å². The molecule has 0 radical (unpaired) electrons. The smallest absolute Gasteiger partial charge is 0.243 e. The third-order valence-electron chi connectivity index (χ3n) is 9.87. The summed E-state index contributed by atoms with van der Waals surface area (Å²) in [6.45, 7) is 4.36. The summed E-state index contributed by atoms with van der Waals surface area (Å²) in [4.78, 5) is 25.9. The summed E-state index contributed by atoms with van der Waals surface area (Å²) in [5, 5.41) is 21.1. The normalized spacial score (nSPS) is 22.0. The van der Waals surface area contributed by atoms with E-state index in [1.165, 1.54) is 0 Å². The SMILES string of the molecule is O=C(CCCCCC(=O)NCc1cccc(-c2ccc(C3OC(CN4CCC5(CC4)OCCO5)CC(c4ccc(CO)cc4)O3)cc2)c1)NO. The van der Waals surface area contributed by atoms with Gasteiger partial charge in [0.05, 0.1) is 32.0 Å². The summed E-state index contributed by atoms with van der Waals surface area (Å²) in [6, 6.07) is 24.4. The van der Waals surface area contributed by atoms with Gasteiger partial charge >= 0.3 is 0 Å². The molecule has 268 valence electrons. The van der Waals surface area contributed by atoms with E-state index < -0.39 is 18.0 Å². The number of aliphatic hydroxyl groups excluding tert-OH is 1. The number of hydrogen-bond acceptors (Lipinski definition) is 9. The van der Waals surface area contributed by atoms with Crippen molar-refractivity contribution >= 4 is 11.8 Å². The van der Waals surface area contributed by atoms with E-state index in [0.29, 0.717) is 39.0 Å². The van der Waals surface area contributed by atoms with Crippen LogP contribution in [0.25, 0.3) is 11.1 Å². The van der Waals surface area contributed by atoms with Crippen LogP contribution in [0.3, 0.4) is 0 Å². The Labute approximate surface area is 293 Å². The molecule has 4 N–H and O–H groups in total. The van der Waals surface area contributed by atoms with Gasteiger partial charge in [0.15, 0.2) is 12.1 Å². The number of unbranched alkanes of at least 4 members (excludes halogenated alkanes) is 2. The van der Waals surface area contributed by atoms with Crippen molar-refractivity contribution < 1.29 is 38.9 Å². The quantitative estimate of drug-likeness (QED) is 0.101. The van der Waals surface area contributed by atoms with E-state index in [4.69, 9.17) is 24.2 Å². The number of nitrogens with one attached hydrogen (secondary N) is 2. The van der Waals surface area contributed by atoms with Crippen LogP contribution in [0.5, 0.6) is 0 Å². The standard InChI is InChI=1S/C39H49N3O8/c43-27-28-9-11-31(12-10-28)35-24-34(26-42-19-17-39(18-20-42)47-21-22-48-39)49-38(50-35)32-15-13-30(14-16-32)33-6-4-5-29(23-33)25-40-36(44)7-2-1-3-8-37(45)41-46/h4-6,9-16,23,34-35,38,43,46H,1-3,7-8,17-22,24-27H2,(H,40,44)(H,41,45). The Balaban J connectivity index is 1.06. The Bertz CT molecular complexity index is 1530. The Morgan fingerprint density at radius 2 is 1.50 bits per heavy atom. The minimum absolute atomic E-state index is 0.00442. The first-order valence-electron chi connectivity index (χ1n) is 17.8. The molecule has 3 aliphatic heterocycles. The lowest BCUT2D eigenvalue weighted by atomic mass is 9.98. The van der Waals surface area contributed by atoms with E-state index in [2.05, 4.69) is 46.6 Å². The third kappa shape index (κ3) is 9.76. The zero-order valence-electron chi connectivity index (χ0n) is 28.6. The van der Waals surface area contributed by atoms with Crippen molar-refractivity contribution in [2.75, 3.05) is 32.8 Å². The second-order valence-electron chi connectivity index (χ2n) is 13.5. The first-order valence-corrected chi connectivity index (χ1v) is 17.8. The van der Waals surface area contributed by atoms with Crippen LogP contribution in [0, 0.1) is 0 Å². The lowest BCUT2D eigenvalue weighted by Gasteiger charge is -2.41. The van der Waals surface area contributed by atoms with E-state index in [1.807, 2.05) is 36.4 Å². The summed E-state index contributed by atoms with van der Waals surface area (Å²) in [5.74, 6) is -0.844. The molecule has 11 nitrogen and oxygen atoms in total. The fraction of sp³-hybridized carbons (Fsp3) is 0.487. The molecule has 0 saturated carbocycles. The predicted molar refractivity (Wildman–Crippen MR) is 185 cm³/mol. The number of hydrogen-bond donors (Lipinski definition) is 4. The topological polar surface area (TPSA) is 139 Å². The molecule has 11 heteroatoms. The number of nitrogens with zero attached hydrogens (tertiary/aromatic N) is 1. The van der Waals surface area contributed by atoms with Gasteiger partial charge in [0.1, 0.15) is 0 Å². The molecule has 3 aromatic rings. The second kappa shape index (κ2) is 17.5. The largest absolute Gasteiger partial charge is 0.392 e. The lowest BCUT2D eigenvalue weighted by Crippen LogP contribution is -2.48. The number of benzene rings is 3. The van der Waals surface area contributed by atoms with Crippen molar-refractivity contribution in [3.8, 4) is 11.1 Å². The molecule has 50 heavy (non-hydrogen) atoms. The molecule has 0 aliphatic carbocycles. The summed E-state index contributed by atoms with van der Waals surface area (Å²) in [5.41, 5.74) is 7.61. The molecule has 3 aliphatic rings. The minimum atomic E-state index is -0.531. The molecule has 6 rings (SSSR count). The van der Waals surface area contributed by atoms with Gasteiger partial charge < -0.3 is 34.3 Å². The zero-order valence-corrected chi connectivity index (χ0v) is 28.6. The second-order valence-corrected chi connectivity index (χ2v) is 13.5. The number of likely N-dealkylation sites (tertiary alicyclic amines) is 1. The van der Waals surface area contributed by atoms with E-state index in [-0.39, 0.29) is 31.1 Å². The van der Waals surface area contributed by atoms with Gasteiger partial charge in [0.25, 0.3) is 0 Å². The summed E-state index contributed by atoms with van der Waals surface area (Å²) < 4.78 is 25.1. The van der Waals surface area contributed by atoms with E-state index >= 15 is 0 Å². The van der Waals surface area contributed by atoms with Crippen LogP contribution < -0.4 is 10.8 Å². The Kier molecular flexibility index (Phi) is 12.6. The molecule has 3 heterocycles. The molecule has 2 amide bonds. The van der Waals surface area contributed by atoms with E-state index in [0.717, 1.165) is 78.7 Å². The fourth-order valence-electron chi connectivity index (χ4n) is 6.97. The highest BCUT2D eigenvalue weighted by Gasteiger charge is 2.41. The molecule has 0 bridgehead atoms. The van der Waals surface area contributed by atoms with Gasteiger partial charge in [-0.1, -0.05) is 73.2 Å². The number of rotatable bonds is 14. The molecule has 3 aromatic carbocycles. The number of amides is 2. The van der Waals surface area contributed by atoms with Crippen molar-refractivity contribution in [1.82, 2.24) is 15.7 Å². The summed E-state index contributed by atoms with van der Waals surface area (Å²) in [6.07, 6.45) is 4.44. The molecule has 3 fully saturated rings. The number of carbonyl (C=O) groups excluding carboxylic acids is 2. The van der Waals surface area contributed by atoms with Gasteiger partial charge in [0, 0.05) is 63.8 Å². The monoisotopic (exact) mass is 687 g/mol. The molecule has 3 unspecified atom stereocenters. The van der Waals surface area contributed by atoms with E-state index in [9.17, 15) is 14.7 Å². The fourth-order valence-corrected chi connectivity index (χ4v) is 6.97. The van der Waals surface area contributed by atoms with Crippen LogP contribution in [-0.4, -0.2) is 71.8 Å². The average molecular weight is 688 g/mol. The average Bonchev–Trinajstić information content (AvgIpc) is 3.62. The van der Waals surface area contributed by atoms with Crippen molar-refractivity contribution in [2.45, 2.75) is 88.8 Å². The first-order chi connectivity index (χ1) is 24.4. The maximum atomic E-state index is 12.4. The third-order valence-corrected chi connectivity index (χ3v) is 9.87. The highest BCUT2D eigenvalue weighted by Crippen LogP contribution is 2.39. The maximum absolute atomic E-state index is 12.4. The number of aliphatic hydroxyl groups is 1. The van der Waals surface area contributed by atoms with Gasteiger partial charge in [-0.05, 0) is 46.7 Å². The molecule has 1 spiro atoms. The Morgan fingerprint density at radius 3 is 2.20 bits per heavy atom. The number of piperidine rings is 1. The Hall–Kier alpha value is -3.68. The van der Waals surface area contributed by atoms with E-state index in [1.54, 1.807) is 5.48 Å². The predicted octanol–water partition coefficient (Wildman–Crippen LogP) is 5.30. The van der Waals surface area contributed by atoms with Crippen LogP contribution >= 0.6 is 0 Å². The minimum Gasteiger partial charge on any atom is -0.392 e. The molecule has 3 saturated heterocycles. The molecule has 3 atom stereocenters. The van der Waals surface area contributed by atoms with Crippen molar-refractivity contribution in [3.05, 3.63) is 95.1 Å². The maximum Gasteiger partial charge on any atom is 0.243 e. The zero-order chi connectivity index (χ0) is 34.8. The summed E-state index contributed by atoms with van der Waals surface area (Å²) in [7, 11) is 0. The van der Waals surface area contributed by atoms with Crippen molar-refractivity contribution in [3.63, 3.8) is 0 Å². The molecule has 0 aromatic heterocycles. The van der Waals surface area contributed by atoms with Crippen LogP contribution in [0.1, 0.15) is 86.0 Å². The van der Waals surface area contributed by atoms with Crippen molar-refractivity contribution in [1.29, 1.82) is 0 Å². The van der Waals surface area contributed by atoms with Crippen LogP contribution in [0.2, 0.25) is 0 Å².